The number of likely N-dealkylation sites (tertiary alicyclic amines) is 1. The lowest BCUT2D eigenvalue weighted by Gasteiger charge is -2.36. The number of furan rings is 1. The largest absolute Gasteiger partial charge is 0.464 e. The molecule has 114 valence electrons. The van der Waals surface area contributed by atoms with Crippen LogP contribution in [0.25, 0.3) is 0 Å². The van der Waals surface area contributed by atoms with Gasteiger partial charge in [-0.2, -0.15) is 8.78 Å². The fourth-order valence-corrected chi connectivity index (χ4v) is 3.01. The number of nitrogens with zero attached hydrogens (tertiary/aromatic N) is 1. The molecule has 20 heavy (non-hydrogen) atoms. The average molecular weight is 305 g/mol. The number of rotatable bonds is 6. The van der Waals surface area contributed by atoms with Gasteiger partial charge < -0.3 is 9.52 Å². The predicted octanol–water partition coefficient (Wildman–Crippen LogP) is 3.33. The molecule has 0 aromatic carbocycles. The van der Waals surface area contributed by atoms with Crippen molar-refractivity contribution in [2.24, 2.45) is 5.92 Å². The monoisotopic (exact) mass is 305 g/mol. The molecule has 2 unspecified atom stereocenters. The molecule has 2 rings (SSSR count). The number of hydrogen-bond acceptors (Lipinski definition) is 4. The van der Waals surface area contributed by atoms with Gasteiger partial charge in [0.25, 0.3) is 5.76 Å². The Morgan fingerprint density at radius 1 is 1.40 bits per heavy atom. The molecule has 0 spiro atoms. The highest BCUT2D eigenvalue weighted by Gasteiger charge is 2.25. The topological polar surface area (TPSA) is 36.6 Å². The molecular formula is C14H21F2NO2S. The molecule has 1 aromatic heterocycles. The van der Waals surface area contributed by atoms with Crippen LogP contribution in [0.3, 0.4) is 0 Å². The first kappa shape index (κ1) is 15.8. The Morgan fingerprint density at radius 2 is 2.15 bits per heavy atom. The quantitative estimate of drug-likeness (QED) is 0.874. The van der Waals surface area contributed by atoms with Gasteiger partial charge in [-0.1, -0.05) is 11.8 Å². The van der Waals surface area contributed by atoms with Gasteiger partial charge in [0.1, 0.15) is 11.5 Å². The van der Waals surface area contributed by atoms with E-state index in [1.165, 1.54) is 0 Å². The maximum atomic E-state index is 12.1. The molecule has 0 radical (unpaired) electrons. The van der Waals surface area contributed by atoms with E-state index in [-0.39, 0.29) is 12.4 Å². The van der Waals surface area contributed by atoms with E-state index in [2.05, 4.69) is 11.8 Å². The molecule has 1 aliphatic heterocycles. The lowest BCUT2D eigenvalue weighted by Crippen LogP contribution is -2.42. The molecule has 2 heterocycles. The van der Waals surface area contributed by atoms with Crippen molar-refractivity contribution < 1.29 is 18.3 Å². The Morgan fingerprint density at radius 3 is 2.85 bits per heavy atom. The maximum Gasteiger partial charge on any atom is 0.284 e. The number of aliphatic hydroxyl groups excluding tert-OH is 1. The minimum Gasteiger partial charge on any atom is -0.464 e. The second-order valence-electron chi connectivity index (χ2n) is 5.34. The van der Waals surface area contributed by atoms with Crippen LogP contribution in [0.4, 0.5) is 8.78 Å². The number of hydrogen-bond donors (Lipinski definition) is 1. The van der Waals surface area contributed by atoms with Crippen molar-refractivity contribution in [1.29, 1.82) is 0 Å². The third-order valence-electron chi connectivity index (χ3n) is 3.79. The van der Waals surface area contributed by atoms with Crippen molar-refractivity contribution >= 4 is 11.8 Å². The molecule has 1 N–H and O–H groups in total. The molecule has 1 saturated heterocycles. The zero-order valence-corrected chi connectivity index (χ0v) is 12.4. The normalized spacial score (nSPS) is 24.4. The lowest BCUT2D eigenvalue weighted by atomic mass is 9.94. The summed E-state index contributed by atoms with van der Waals surface area (Å²) in [5.74, 6) is -0.438. The summed E-state index contributed by atoms with van der Waals surface area (Å²) in [7, 11) is 0. The van der Waals surface area contributed by atoms with Crippen LogP contribution in [0.15, 0.2) is 16.5 Å². The van der Waals surface area contributed by atoms with Gasteiger partial charge in [-0.25, -0.2) is 0 Å². The first-order chi connectivity index (χ1) is 9.58. The standard InChI is InChI=1S/C14H21F2NO2S/c1-10-2-3-11(8-18)6-17(10)7-12-4-5-13(19-12)9-20-14(15)16/h4-5,10-11,14,18H,2-3,6-9H2,1H3. The molecule has 0 saturated carbocycles. The lowest BCUT2D eigenvalue weighted by molar-refractivity contribution is 0.0716. The minimum atomic E-state index is -2.36. The molecular weight excluding hydrogens is 284 g/mol. The Balaban J connectivity index is 1.88. The third-order valence-corrected chi connectivity index (χ3v) is 4.50. The average Bonchev–Trinajstić information content (AvgIpc) is 2.86. The fraction of sp³-hybridized carbons (Fsp3) is 0.714. The first-order valence-electron chi connectivity index (χ1n) is 6.90. The van der Waals surface area contributed by atoms with E-state index >= 15 is 0 Å². The number of piperidine rings is 1. The second-order valence-corrected chi connectivity index (χ2v) is 6.32. The summed E-state index contributed by atoms with van der Waals surface area (Å²) in [6.45, 7) is 3.93. The SMILES string of the molecule is CC1CCC(CO)CN1Cc1ccc(CSC(F)F)o1. The number of halogens is 2. The molecule has 1 fully saturated rings. The van der Waals surface area contributed by atoms with Crippen LogP contribution in [0.1, 0.15) is 31.3 Å². The number of thioether (sulfide) groups is 1. The Labute approximate surface area is 122 Å². The summed E-state index contributed by atoms with van der Waals surface area (Å²) in [5, 5.41) is 9.26. The molecule has 0 bridgehead atoms. The Kier molecular flexibility index (Phi) is 5.86. The fourth-order valence-electron chi connectivity index (χ4n) is 2.56. The van der Waals surface area contributed by atoms with Crippen molar-refractivity contribution in [2.75, 3.05) is 13.2 Å². The Bertz CT molecular complexity index is 414. The van der Waals surface area contributed by atoms with Crippen molar-refractivity contribution in [2.45, 2.75) is 43.9 Å². The van der Waals surface area contributed by atoms with Crippen LogP contribution in [0.5, 0.6) is 0 Å². The van der Waals surface area contributed by atoms with Gasteiger partial charge in [-0.05, 0) is 37.8 Å². The highest BCUT2D eigenvalue weighted by molar-refractivity contribution is 7.98. The molecule has 2 atom stereocenters. The molecule has 1 aliphatic rings. The Hall–Kier alpha value is -0.590. The maximum absolute atomic E-state index is 12.1. The van der Waals surface area contributed by atoms with Crippen LogP contribution < -0.4 is 0 Å². The predicted molar refractivity (Wildman–Crippen MR) is 75.7 cm³/mol. The zero-order chi connectivity index (χ0) is 14.5. The van der Waals surface area contributed by atoms with Crippen molar-refractivity contribution in [1.82, 2.24) is 4.90 Å². The highest BCUT2D eigenvalue weighted by Crippen LogP contribution is 2.25. The van der Waals surface area contributed by atoms with Crippen LogP contribution in [0, 0.1) is 5.92 Å². The molecule has 6 heteroatoms. The zero-order valence-electron chi connectivity index (χ0n) is 11.6. The van der Waals surface area contributed by atoms with Crippen LogP contribution >= 0.6 is 11.8 Å². The summed E-state index contributed by atoms with van der Waals surface area (Å²) in [5.41, 5.74) is 0. The van der Waals surface area contributed by atoms with Crippen molar-refractivity contribution in [3.8, 4) is 0 Å². The summed E-state index contributed by atoms with van der Waals surface area (Å²) >= 11 is 0.575. The van der Waals surface area contributed by atoms with Gasteiger partial charge in [-0.3, -0.25) is 4.90 Å². The molecule has 1 aromatic rings. The summed E-state index contributed by atoms with van der Waals surface area (Å²) in [6, 6.07) is 4.08. The van der Waals surface area contributed by atoms with Gasteiger partial charge in [-0.15, -0.1) is 0 Å². The number of aliphatic hydroxyl groups is 1. The minimum absolute atomic E-state index is 0.201. The summed E-state index contributed by atoms with van der Waals surface area (Å²) in [6.07, 6.45) is 2.13. The van der Waals surface area contributed by atoms with Crippen LogP contribution in [-0.2, 0) is 12.3 Å². The van der Waals surface area contributed by atoms with Gasteiger partial charge in [0, 0.05) is 19.2 Å². The van der Waals surface area contributed by atoms with E-state index in [0.717, 1.165) is 25.1 Å². The van der Waals surface area contributed by atoms with Gasteiger partial charge in [0.2, 0.25) is 0 Å². The second kappa shape index (κ2) is 7.43. The first-order valence-corrected chi connectivity index (χ1v) is 7.95. The van der Waals surface area contributed by atoms with Crippen molar-refractivity contribution in [3.05, 3.63) is 23.7 Å². The summed E-state index contributed by atoms with van der Waals surface area (Å²) < 4.78 is 29.8. The molecule has 0 amide bonds. The summed E-state index contributed by atoms with van der Waals surface area (Å²) in [4.78, 5) is 2.28. The third kappa shape index (κ3) is 4.46. The molecule has 0 aliphatic carbocycles. The van der Waals surface area contributed by atoms with E-state index in [9.17, 15) is 13.9 Å². The molecule has 3 nitrogen and oxygen atoms in total. The van der Waals surface area contributed by atoms with Gasteiger partial charge in [0.05, 0.1) is 12.3 Å². The van der Waals surface area contributed by atoms with E-state index < -0.39 is 5.76 Å². The van der Waals surface area contributed by atoms with Gasteiger partial charge in [0.15, 0.2) is 0 Å². The van der Waals surface area contributed by atoms with E-state index in [1.54, 1.807) is 6.07 Å². The van der Waals surface area contributed by atoms with Crippen LogP contribution in [0.2, 0.25) is 0 Å². The number of alkyl halides is 2. The smallest absolute Gasteiger partial charge is 0.284 e. The van der Waals surface area contributed by atoms with Crippen molar-refractivity contribution in [3.63, 3.8) is 0 Å². The highest BCUT2D eigenvalue weighted by atomic mass is 32.2. The van der Waals surface area contributed by atoms with E-state index in [1.807, 2.05) is 6.07 Å². The van der Waals surface area contributed by atoms with Gasteiger partial charge >= 0.3 is 0 Å². The van der Waals surface area contributed by atoms with Crippen LogP contribution in [-0.4, -0.2) is 35.0 Å². The van der Waals surface area contributed by atoms with E-state index in [0.29, 0.717) is 36.0 Å². The van der Waals surface area contributed by atoms with E-state index in [4.69, 9.17) is 4.42 Å².